The molecule has 0 spiro atoms. The van der Waals surface area contributed by atoms with Gasteiger partial charge in [-0.3, -0.25) is 13.9 Å². The van der Waals surface area contributed by atoms with Crippen LogP contribution in [-0.2, 0) is 32.6 Å². The van der Waals surface area contributed by atoms with Crippen molar-refractivity contribution < 1.29 is 18.0 Å². The summed E-state index contributed by atoms with van der Waals surface area (Å²) in [7, 11) is -3.84. The highest BCUT2D eigenvalue weighted by Crippen LogP contribution is 2.26. The van der Waals surface area contributed by atoms with Crippen LogP contribution >= 0.6 is 11.6 Å². The summed E-state index contributed by atoms with van der Waals surface area (Å²) in [6.07, 6.45) is 2.09. The monoisotopic (exact) mass is 569 g/mol. The van der Waals surface area contributed by atoms with Gasteiger partial charge in [-0.15, -0.1) is 0 Å². The topological polar surface area (TPSA) is 86.8 Å². The van der Waals surface area contributed by atoms with Gasteiger partial charge in [0.15, 0.2) is 0 Å². The summed E-state index contributed by atoms with van der Waals surface area (Å²) in [5.41, 5.74) is 3.74. The van der Waals surface area contributed by atoms with Gasteiger partial charge in [0, 0.05) is 24.5 Å². The van der Waals surface area contributed by atoms with Crippen molar-refractivity contribution in [1.29, 1.82) is 0 Å². The number of aryl methyl sites for hydroxylation is 2. The van der Waals surface area contributed by atoms with Crippen LogP contribution in [0.3, 0.4) is 0 Å². The van der Waals surface area contributed by atoms with Gasteiger partial charge in [-0.1, -0.05) is 78.7 Å². The van der Waals surface area contributed by atoms with Crippen LogP contribution in [0.2, 0.25) is 5.02 Å². The largest absolute Gasteiger partial charge is 0.354 e. The average molecular weight is 570 g/mol. The molecule has 0 saturated carbocycles. The van der Waals surface area contributed by atoms with E-state index in [0.29, 0.717) is 22.8 Å². The van der Waals surface area contributed by atoms with Gasteiger partial charge in [0.05, 0.1) is 11.9 Å². The van der Waals surface area contributed by atoms with Crippen molar-refractivity contribution >= 4 is 39.1 Å². The molecule has 0 unspecified atom stereocenters. The minimum atomic E-state index is -3.84. The third-order valence-electron chi connectivity index (χ3n) is 6.36. The minimum Gasteiger partial charge on any atom is -0.354 e. The standard InChI is InChI=1S/C30H36ClN3O4S/c1-5-16-32-30(36)28(19-24-11-7-6-8-12-24)33(20-25-13-9-10-22(2)17-25)29(35)21-34(39(4,37)38)27-15-14-26(31)18-23(27)3/h6-15,17-18,28H,5,16,19-21H2,1-4H3,(H,32,36)/t28-/m0/s1. The van der Waals surface area contributed by atoms with Crippen LogP contribution in [0.5, 0.6) is 0 Å². The molecule has 3 aromatic rings. The Bertz CT molecular complexity index is 1400. The third kappa shape index (κ3) is 8.57. The van der Waals surface area contributed by atoms with E-state index in [9.17, 15) is 18.0 Å². The number of nitrogens with one attached hydrogen (secondary N) is 1. The van der Waals surface area contributed by atoms with Crippen LogP contribution in [0.4, 0.5) is 5.69 Å². The van der Waals surface area contributed by atoms with Gasteiger partial charge in [0.1, 0.15) is 12.6 Å². The molecule has 0 aliphatic heterocycles. The van der Waals surface area contributed by atoms with Gasteiger partial charge in [-0.25, -0.2) is 8.42 Å². The highest BCUT2D eigenvalue weighted by Gasteiger charge is 2.33. The second-order valence-corrected chi connectivity index (χ2v) is 12.1. The van der Waals surface area contributed by atoms with Crippen molar-refractivity contribution in [2.24, 2.45) is 0 Å². The molecule has 1 atom stereocenters. The zero-order valence-electron chi connectivity index (χ0n) is 22.9. The second-order valence-electron chi connectivity index (χ2n) is 9.71. The van der Waals surface area contributed by atoms with Crippen molar-refractivity contribution in [1.82, 2.24) is 10.2 Å². The lowest BCUT2D eigenvalue weighted by Gasteiger charge is -2.34. The molecule has 208 valence electrons. The van der Waals surface area contributed by atoms with Gasteiger partial charge in [-0.2, -0.15) is 0 Å². The Labute approximate surface area is 236 Å². The second kappa shape index (κ2) is 13.6. The van der Waals surface area contributed by atoms with E-state index in [4.69, 9.17) is 11.6 Å². The minimum absolute atomic E-state index is 0.148. The van der Waals surface area contributed by atoms with E-state index in [1.165, 1.54) is 4.90 Å². The zero-order chi connectivity index (χ0) is 28.6. The summed E-state index contributed by atoms with van der Waals surface area (Å²) in [6, 6.07) is 21.2. The van der Waals surface area contributed by atoms with Crippen LogP contribution in [0.15, 0.2) is 72.8 Å². The number of amides is 2. The van der Waals surface area contributed by atoms with Crippen molar-refractivity contribution in [3.63, 3.8) is 0 Å². The van der Waals surface area contributed by atoms with E-state index >= 15 is 0 Å². The zero-order valence-corrected chi connectivity index (χ0v) is 24.4. The molecule has 0 heterocycles. The molecular weight excluding hydrogens is 534 g/mol. The summed E-state index contributed by atoms with van der Waals surface area (Å²) in [5.74, 6) is -0.765. The summed E-state index contributed by atoms with van der Waals surface area (Å²) >= 11 is 6.10. The molecule has 1 N–H and O–H groups in total. The Balaban J connectivity index is 2.06. The van der Waals surface area contributed by atoms with E-state index in [-0.39, 0.29) is 18.9 Å². The number of halogens is 1. The van der Waals surface area contributed by atoms with E-state index < -0.39 is 28.5 Å². The number of hydrogen-bond donors (Lipinski definition) is 1. The highest BCUT2D eigenvalue weighted by atomic mass is 35.5. The molecule has 0 aromatic heterocycles. The first-order chi connectivity index (χ1) is 18.5. The van der Waals surface area contributed by atoms with E-state index in [0.717, 1.165) is 33.7 Å². The molecule has 0 fully saturated rings. The van der Waals surface area contributed by atoms with Crippen molar-refractivity contribution in [2.45, 2.75) is 46.2 Å². The molecule has 0 bridgehead atoms. The lowest BCUT2D eigenvalue weighted by Crippen LogP contribution is -2.53. The molecule has 0 saturated heterocycles. The Morgan fingerprint density at radius 2 is 1.64 bits per heavy atom. The fourth-order valence-electron chi connectivity index (χ4n) is 4.42. The van der Waals surface area contributed by atoms with Crippen LogP contribution in [-0.4, -0.2) is 50.5 Å². The summed E-state index contributed by atoms with van der Waals surface area (Å²) in [6.45, 7) is 5.81. The molecule has 3 rings (SSSR count). The predicted octanol–water partition coefficient (Wildman–Crippen LogP) is 4.89. The Morgan fingerprint density at radius 1 is 0.949 bits per heavy atom. The van der Waals surface area contributed by atoms with Crippen molar-refractivity contribution in [3.8, 4) is 0 Å². The lowest BCUT2D eigenvalue weighted by molar-refractivity contribution is -0.140. The molecular formula is C30H36ClN3O4S. The smallest absolute Gasteiger partial charge is 0.244 e. The lowest BCUT2D eigenvalue weighted by atomic mass is 10.0. The number of benzene rings is 3. The fraction of sp³-hybridized carbons (Fsp3) is 0.333. The predicted molar refractivity (Wildman–Crippen MR) is 157 cm³/mol. The molecule has 39 heavy (non-hydrogen) atoms. The van der Waals surface area contributed by atoms with Gasteiger partial charge in [0.2, 0.25) is 21.8 Å². The average Bonchev–Trinajstić information content (AvgIpc) is 2.88. The van der Waals surface area contributed by atoms with E-state index in [1.54, 1.807) is 25.1 Å². The number of sulfonamides is 1. The van der Waals surface area contributed by atoms with Crippen LogP contribution in [0.25, 0.3) is 0 Å². The number of rotatable bonds is 12. The number of carbonyl (C=O) groups excluding carboxylic acids is 2. The van der Waals surface area contributed by atoms with Gasteiger partial charge >= 0.3 is 0 Å². The molecule has 0 aliphatic carbocycles. The first kappa shape index (κ1) is 30.2. The molecule has 2 amide bonds. The summed E-state index contributed by atoms with van der Waals surface area (Å²) in [4.78, 5) is 29.1. The van der Waals surface area contributed by atoms with E-state index in [1.807, 2.05) is 68.4 Å². The maximum absolute atomic E-state index is 14.1. The Kier molecular flexibility index (Phi) is 10.5. The molecule has 7 nitrogen and oxygen atoms in total. The normalized spacial score (nSPS) is 12.0. The number of nitrogens with zero attached hydrogens (tertiary/aromatic N) is 2. The Hall–Kier alpha value is -3.36. The number of hydrogen-bond acceptors (Lipinski definition) is 4. The quantitative estimate of drug-likeness (QED) is 0.336. The number of anilines is 1. The Morgan fingerprint density at radius 3 is 2.26 bits per heavy atom. The van der Waals surface area contributed by atoms with Gasteiger partial charge in [-0.05, 0) is 55.2 Å². The third-order valence-corrected chi connectivity index (χ3v) is 7.72. The maximum Gasteiger partial charge on any atom is 0.244 e. The first-order valence-corrected chi connectivity index (χ1v) is 15.1. The highest BCUT2D eigenvalue weighted by molar-refractivity contribution is 7.92. The first-order valence-electron chi connectivity index (χ1n) is 12.9. The molecule has 9 heteroatoms. The van der Waals surface area contributed by atoms with Crippen molar-refractivity contribution in [2.75, 3.05) is 23.7 Å². The molecule has 3 aromatic carbocycles. The summed E-state index contributed by atoms with van der Waals surface area (Å²) < 4.78 is 26.9. The molecule has 0 aliphatic rings. The van der Waals surface area contributed by atoms with Gasteiger partial charge < -0.3 is 10.2 Å². The van der Waals surface area contributed by atoms with E-state index in [2.05, 4.69) is 5.32 Å². The fourth-order valence-corrected chi connectivity index (χ4v) is 5.55. The maximum atomic E-state index is 14.1. The van der Waals surface area contributed by atoms with Crippen LogP contribution in [0.1, 0.15) is 35.6 Å². The molecule has 0 radical (unpaired) electrons. The van der Waals surface area contributed by atoms with Crippen LogP contribution in [0, 0.1) is 13.8 Å². The van der Waals surface area contributed by atoms with Gasteiger partial charge in [0.25, 0.3) is 0 Å². The van der Waals surface area contributed by atoms with Crippen molar-refractivity contribution in [3.05, 3.63) is 100 Å². The number of carbonyl (C=O) groups is 2. The SMILES string of the molecule is CCCNC(=O)[C@H](Cc1ccccc1)N(Cc1cccc(C)c1)C(=O)CN(c1ccc(Cl)cc1C)S(C)(=O)=O. The summed E-state index contributed by atoms with van der Waals surface area (Å²) in [5, 5.41) is 3.40. The van der Waals surface area contributed by atoms with Crippen LogP contribution < -0.4 is 9.62 Å².